The van der Waals surface area contributed by atoms with Crippen LogP contribution in [0.5, 0.6) is 6.01 Å². The second-order valence-corrected chi connectivity index (χ2v) is 5.07. The van der Waals surface area contributed by atoms with Gasteiger partial charge in [0.1, 0.15) is 6.61 Å². The van der Waals surface area contributed by atoms with E-state index in [4.69, 9.17) is 4.74 Å². The van der Waals surface area contributed by atoms with E-state index in [1.165, 1.54) is 0 Å². The van der Waals surface area contributed by atoms with E-state index < -0.39 is 0 Å². The van der Waals surface area contributed by atoms with E-state index in [2.05, 4.69) is 20.3 Å². The van der Waals surface area contributed by atoms with Crippen LogP contribution >= 0.6 is 11.3 Å². The van der Waals surface area contributed by atoms with Crippen molar-refractivity contribution in [3.8, 4) is 6.01 Å². The minimum Gasteiger partial charge on any atom is -0.458 e. The fraction of sp³-hybridized carbons (Fsp3) is 0.417. The SMILES string of the molecule is CCNc1nc(OCc2cccs2)nc(N(C)C)n1. The Labute approximate surface area is 116 Å². The minimum atomic E-state index is 0.336. The van der Waals surface area contributed by atoms with Crippen LogP contribution in [0.2, 0.25) is 0 Å². The Kier molecular flexibility index (Phi) is 4.51. The predicted molar refractivity (Wildman–Crippen MR) is 77.0 cm³/mol. The largest absolute Gasteiger partial charge is 0.458 e. The first kappa shape index (κ1) is 13.5. The van der Waals surface area contributed by atoms with Crippen LogP contribution < -0.4 is 15.0 Å². The summed E-state index contributed by atoms with van der Waals surface area (Å²) >= 11 is 1.64. The zero-order valence-corrected chi connectivity index (χ0v) is 12.1. The molecule has 0 saturated carbocycles. The Bertz CT molecular complexity index is 515. The molecule has 102 valence electrons. The van der Waals surface area contributed by atoms with Gasteiger partial charge in [-0.2, -0.15) is 15.0 Å². The minimum absolute atomic E-state index is 0.336. The normalized spacial score (nSPS) is 10.3. The summed E-state index contributed by atoms with van der Waals surface area (Å²) in [4.78, 5) is 15.7. The van der Waals surface area contributed by atoms with Gasteiger partial charge in [-0.3, -0.25) is 0 Å². The van der Waals surface area contributed by atoms with Gasteiger partial charge in [0.15, 0.2) is 0 Å². The number of nitrogens with zero attached hydrogens (tertiary/aromatic N) is 4. The monoisotopic (exact) mass is 279 g/mol. The number of aromatic nitrogens is 3. The Morgan fingerprint density at radius 3 is 2.79 bits per heavy atom. The van der Waals surface area contributed by atoms with E-state index in [-0.39, 0.29) is 0 Å². The van der Waals surface area contributed by atoms with Crippen LogP contribution in [0.15, 0.2) is 17.5 Å². The zero-order valence-electron chi connectivity index (χ0n) is 11.3. The number of thiophene rings is 1. The fourth-order valence-electron chi connectivity index (χ4n) is 1.38. The van der Waals surface area contributed by atoms with Gasteiger partial charge in [-0.25, -0.2) is 0 Å². The van der Waals surface area contributed by atoms with Crippen LogP contribution in [0.4, 0.5) is 11.9 Å². The van der Waals surface area contributed by atoms with Gasteiger partial charge in [-0.05, 0) is 18.4 Å². The van der Waals surface area contributed by atoms with Gasteiger partial charge in [-0.1, -0.05) is 6.07 Å². The van der Waals surface area contributed by atoms with E-state index in [9.17, 15) is 0 Å². The van der Waals surface area contributed by atoms with Crippen molar-refractivity contribution in [1.29, 1.82) is 0 Å². The summed E-state index contributed by atoms with van der Waals surface area (Å²) in [7, 11) is 3.77. The Hall–Kier alpha value is -1.89. The van der Waals surface area contributed by atoms with Crippen LogP contribution in [0, 0.1) is 0 Å². The van der Waals surface area contributed by atoms with Crippen molar-refractivity contribution >= 4 is 23.2 Å². The molecule has 6 nitrogen and oxygen atoms in total. The molecule has 2 heterocycles. The fourth-order valence-corrected chi connectivity index (χ4v) is 1.99. The molecule has 2 rings (SSSR count). The zero-order chi connectivity index (χ0) is 13.7. The molecule has 0 aliphatic rings. The Balaban J connectivity index is 2.13. The van der Waals surface area contributed by atoms with E-state index in [1.54, 1.807) is 11.3 Å². The van der Waals surface area contributed by atoms with Crippen LogP contribution in [-0.4, -0.2) is 35.6 Å². The first-order valence-corrected chi connectivity index (χ1v) is 6.89. The van der Waals surface area contributed by atoms with Gasteiger partial charge in [0.2, 0.25) is 11.9 Å². The number of rotatable bonds is 6. The summed E-state index contributed by atoms with van der Waals surface area (Å²) in [6.45, 7) is 3.21. The van der Waals surface area contributed by atoms with E-state index in [0.29, 0.717) is 24.5 Å². The van der Waals surface area contributed by atoms with Crippen molar-refractivity contribution in [2.45, 2.75) is 13.5 Å². The van der Waals surface area contributed by atoms with Crippen molar-refractivity contribution in [2.75, 3.05) is 30.9 Å². The quantitative estimate of drug-likeness (QED) is 0.872. The lowest BCUT2D eigenvalue weighted by atomic mass is 10.5. The van der Waals surface area contributed by atoms with Crippen molar-refractivity contribution in [3.05, 3.63) is 22.4 Å². The highest BCUT2D eigenvalue weighted by Crippen LogP contribution is 2.16. The summed E-state index contributed by atoms with van der Waals surface area (Å²) in [6.07, 6.45) is 0. The summed E-state index contributed by atoms with van der Waals surface area (Å²) in [5, 5.41) is 5.09. The van der Waals surface area contributed by atoms with Gasteiger partial charge >= 0.3 is 6.01 Å². The summed E-state index contributed by atoms with van der Waals surface area (Å²) in [5.41, 5.74) is 0. The summed E-state index contributed by atoms with van der Waals surface area (Å²) in [5.74, 6) is 1.11. The third-order valence-corrected chi connectivity index (χ3v) is 3.11. The van der Waals surface area contributed by atoms with E-state index in [1.807, 2.05) is 43.4 Å². The third-order valence-electron chi connectivity index (χ3n) is 2.26. The molecule has 0 aliphatic carbocycles. The molecule has 0 unspecified atom stereocenters. The van der Waals surface area contributed by atoms with Gasteiger partial charge in [0, 0.05) is 25.5 Å². The summed E-state index contributed by atoms with van der Waals surface area (Å²) < 4.78 is 5.61. The molecule has 19 heavy (non-hydrogen) atoms. The molecule has 0 atom stereocenters. The molecule has 0 spiro atoms. The van der Waals surface area contributed by atoms with E-state index in [0.717, 1.165) is 11.4 Å². The van der Waals surface area contributed by atoms with E-state index >= 15 is 0 Å². The molecule has 0 fully saturated rings. The maximum atomic E-state index is 5.61. The number of hydrogen-bond acceptors (Lipinski definition) is 7. The average molecular weight is 279 g/mol. The molecule has 1 N–H and O–H groups in total. The van der Waals surface area contributed by atoms with Crippen LogP contribution in [0.3, 0.4) is 0 Å². The number of nitrogens with one attached hydrogen (secondary N) is 1. The summed E-state index contributed by atoms with van der Waals surface area (Å²) in [6, 6.07) is 4.35. The molecule has 0 amide bonds. The van der Waals surface area contributed by atoms with Crippen LogP contribution in [-0.2, 0) is 6.61 Å². The first-order valence-electron chi connectivity index (χ1n) is 6.01. The maximum absolute atomic E-state index is 5.61. The first-order chi connectivity index (χ1) is 9.19. The lowest BCUT2D eigenvalue weighted by molar-refractivity contribution is 0.283. The smallest absolute Gasteiger partial charge is 0.323 e. The number of hydrogen-bond donors (Lipinski definition) is 1. The average Bonchev–Trinajstić information content (AvgIpc) is 2.89. The molecule has 0 aliphatic heterocycles. The molecular weight excluding hydrogens is 262 g/mol. The molecular formula is C12H17N5OS. The van der Waals surface area contributed by atoms with Crippen molar-refractivity contribution in [3.63, 3.8) is 0 Å². The van der Waals surface area contributed by atoms with Gasteiger partial charge < -0.3 is 15.0 Å². The lowest BCUT2D eigenvalue weighted by Gasteiger charge is -2.13. The molecule has 0 bridgehead atoms. The van der Waals surface area contributed by atoms with Crippen LogP contribution in [0.1, 0.15) is 11.8 Å². The number of anilines is 2. The molecule has 0 aromatic carbocycles. The standard InChI is InChI=1S/C12H17N5OS/c1-4-13-10-14-11(17(2)3)16-12(15-10)18-8-9-6-5-7-19-9/h5-7H,4,8H2,1-3H3,(H,13,14,15,16). The Morgan fingerprint density at radius 2 is 2.16 bits per heavy atom. The van der Waals surface area contributed by atoms with Crippen molar-refractivity contribution in [2.24, 2.45) is 0 Å². The highest BCUT2D eigenvalue weighted by molar-refractivity contribution is 7.09. The Morgan fingerprint density at radius 1 is 1.32 bits per heavy atom. The molecule has 2 aromatic rings. The highest BCUT2D eigenvalue weighted by atomic mass is 32.1. The lowest BCUT2D eigenvalue weighted by Crippen LogP contribution is -2.16. The third kappa shape index (κ3) is 3.78. The highest BCUT2D eigenvalue weighted by Gasteiger charge is 2.09. The van der Waals surface area contributed by atoms with Crippen molar-refractivity contribution in [1.82, 2.24) is 15.0 Å². The van der Waals surface area contributed by atoms with Crippen molar-refractivity contribution < 1.29 is 4.74 Å². The maximum Gasteiger partial charge on any atom is 0.323 e. The van der Waals surface area contributed by atoms with Gasteiger partial charge in [0.05, 0.1) is 0 Å². The molecule has 7 heteroatoms. The predicted octanol–water partition coefficient (Wildman–Crippen LogP) is 2.01. The van der Waals surface area contributed by atoms with Gasteiger partial charge in [0.25, 0.3) is 0 Å². The molecule has 0 saturated heterocycles. The second kappa shape index (κ2) is 6.33. The van der Waals surface area contributed by atoms with Crippen LogP contribution in [0.25, 0.3) is 0 Å². The topological polar surface area (TPSA) is 63.2 Å². The molecule has 2 aromatic heterocycles. The molecule has 0 radical (unpaired) electrons. The van der Waals surface area contributed by atoms with Gasteiger partial charge in [-0.15, -0.1) is 11.3 Å². The second-order valence-electron chi connectivity index (χ2n) is 4.03. The number of ether oxygens (including phenoxy) is 1.